The van der Waals surface area contributed by atoms with Crippen molar-refractivity contribution >= 4 is 17.9 Å². The fourth-order valence-corrected chi connectivity index (χ4v) is 2.30. The number of amides is 3. The van der Waals surface area contributed by atoms with Crippen LogP contribution in [-0.2, 0) is 20.9 Å². The molecule has 25 heavy (non-hydrogen) atoms. The van der Waals surface area contributed by atoms with E-state index in [1.54, 1.807) is 19.1 Å². The van der Waals surface area contributed by atoms with Crippen LogP contribution in [-0.4, -0.2) is 37.1 Å². The third-order valence-electron chi connectivity index (χ3n) is 3.58. The molecule has 0 aliphatic heterocycles. The molecule has 0 aliphatic rings. The number of esters is 1. The van der Waals surface area contributed by atoms with Crippen LogP contribution >= 0.6 is 0 Å². The van der Waals surface area contributed by atoms with Crippen molar-refractivity contribution < 1.29 is 23.5 Å². The summed E-state index contributed by atoms with van der Waals surface area (Å²) in [5.41, 5.74) is -0.408. The van der Waals surface area contributed by atoms with Crippen LogP contribution in [0.3, 0.4) is 0 Å². The summed E-state index contributed by atoms with van der Waals surface area (Å²) in [5, 5.41) is 7.53. The average Bonchev–Trinajstić information content (AvgIpc) is 2.58. The van der Waals surface area contributed by atoms with Crippen molar-refractivity contribution in [3.63, 3.8) is 0 Å². The first kappa shape index (κ1) is 20.4. The highest BCUT2D eigenvalue weighted by molar-refractivity contribution is 5.90. The van der Waals surface area contributed by atoms with Gasteiger partial charge in [-0.3, -0.25) is 4.79 Å². The molecule has 0 radical (unpaired) electrons. The summed E-state index contributed by atoms with van der Waals surface area (Å²) in [7, 11) is 1.25. The average molecular weight is 353 g/mol. The van der Waals surface area contributed by atoms with Gasteiger partial charge in [0.05, 0.1) is 13.7 Å². The highest BCUT2D eigenvalue weighted by Gasteiger charge is 2.34. The number of nitrogens with one attached hydrogen (secondary N) is 3. The number of ether oxygens (including phenoxy) is 1. The second kappa shape index (κ2) is 9.61. The van der Waals surface area contributed by atoms with Gasteiger partial charge >= 0.3 is 12.0 Å². The molecule has 1 aromatic carbocycles. The highest BCUT2D eigenvalue weighted by Crippen LogP contribution is 2.14. The normalized spacial score (nSPS) is 12.6. The lowest BCUT2D eigenvalue weighted by molar-refractivity contribution is -0.150. The summed E-state index contributed by atoms with van der Waals surface area (Å²) in [6.07, 6.45) is 1.10. The van der Waals surface area contributed by atoms with Crippen molar-refractivity contribution in [2.45, 2.75) is 38.8 Å². The van der Waals surface area contributed by atoms with Crippen molar-refractivity contribution in [2.24, 2.45) is 0 Å². The summed E-state index contributed by atoms with van der Waals surface area (Å²) in [6.45, 7) is 3.37. The minimum Gasteiger partial charge on any atom is -0.467 e. The Bertz CT molecular complexity index is 606. The number of urea groups is 1. The van der Waals surface area contributed by atoms with E-state index in [2.05, 4.69) is 16.0 Å². The van der Waals surface area contributed by atoms with Crippen LogP contribution in [0.25, 0.3) is 0 Å². The van der Waals surface area contributed by atoms with Gasteiger partial charge in [-0.25, -0.2) is 14.0 Å². The van der Waals surface area contributed by atoms with E-state index in [9.17, 15) is 18.8 Å². The van der Waals surface area contributed by atoms with E-state index < -0.39 is 23.4 Å². The number of halogens is 1. The van der Waals surface area contributed by atoms with Crippen LogP contribution in [0.5, 0.6) is 0 Å². The van der Waals surface area contributed by atoms with Crippen molar-refractivity contribution in [2.75, 3.05) is 13.7 Å². The zero-order valence-corrected chi connectivity index (χ0v) is 14.6. The number of rotatable bonds is 8. The minimum absolute atomic E-state index is 0.198. The topological polar surface area (TPSA) is 96.5 Å². The van der Waals surface area contributed by atoms with Gasteiger partial charge in [0, 0.05) is 6.54 Å². The molecule has 8 heteroatoms. The predicted octanol–water partition coefficient (Wildman–Crippen LogP) is 1.47. The van der Waals surface area contributed by atoms with Crippen LogP contribution in [0.1, 0.15) is 32.3 Å². The monoisotopic (exact) mass is 353 g/mol. The molecule has 0 saturated heterocycles. The Hall–Kier alpha value is -2.64. The maximum Gasteiger partial charge on any atom is 0.331 e. The fraction of sp³-hybridized carbons (Fsp3) is 0.471. The van der Waals surface area contributed by atoms with Gasteiger partial charge in [0.15, 0.2) is 0 Å². The Labute approximate surface area is 146 Å². The van der Waals surface area contributed by atoms with Gasteiger partial charge in [-0.05, 0) is 31.0 Å². The van der Waals surface area contributed by atoms with Gasteiger partial charge in [0.25, 0.3) is 0 Å². The molecular formula is C17H24FN3O4. The van der Waals surface area contributed by atoms with Gasteiger partial charge < -0.3 is 20.7 Å². The third-order valence-corrected chi connectivity index (χ3v) is 3.58. The van der Waals surface area contributed by atoms with Crippen LogP contribution in [0.4, 0.5) is 9.18 Å². The quantitative estimate of drug-likeness (QED) is 0.617. The van der Waals surface area contributed by atoms with E-state index in [1.807, 2.05) is 6.92 Å². The molecule has 1 rings (SSSR count). The predicted molar refractivity (Wildman–Crippen MR) is 90.1 cm³/mol. The molecule has 0 aromatic heterocycles. The molecule has 0 fully saturated rings. The smallest absolute Gasteiger partial charge is 0.331 e. The molecule has 1 aromatic rings. The number of carbonyl (C=O) groups is 3. The van der Waals surface area contributed by atoms with E-state index >= 15 is 0 Å². The van der Waals surface area contributed by atoms with Crippen molar-refractivity contribution in [1.82, 2.24) is 16.0 Å². The van der Waals surface area contributed by atoms with Crippen LogP contribution in [0.15, 0.2) is 24.3 Å². The molecule has 138 valence electrons. The first-order valence-electron chi connectivity index (χ1n) is 7.96. The molecule has 0 bridgehead atoms. The Balaban J connectivity index is 2.42. The first-order chi connectivity index (χ1) is 11.8. The molecule has 0 unspecified atom stereocenters. The van der Waals surface area contributed by atoms with Gasteiger partial charge in [-0.15, -0.1) is 0 Å². The third kappa shape index (κ3) is 6.78. The van der Waals surface area contributed by atoms with E-state index in [0.717, 1.165) is 5.56 Å². The SMILES string of the molecule is CCC[C@@](C)(NC(=O)CNC(=O)NCc1ccc(F)cc1)C(=O)OC. The number of hydrogen-bond acceptors (Lipinski definition) is 4. The van der Waals surface area contributed by atoms with E-state index in [0.29, 0.717) is 12.8 Å². The Morgan fingerprint density at radius 2 is 1.80 bits per heavy atom. The van der Waals surface area contributed by atoms with E-state index in [-0.39, 0.29) is 18.9 Å². The van der Waals surface area contributed by atoms with E-state index in [4.69, 9.17) is 4.74 Å². The van der Waals surface area contributed by atoms with Crippen LogP contribution < -0.4 is 16.0 Å². The fourth-order valence-electron chi connectivity index (χ4n) is 2.30. The maximum absolute atomic E-state index is 12.8. The standard InChI is InChI=1S/C17H24FN3O4/c1-4-9-17(2,15(23)25-3)21-14(22)11-20-16(24)19-10-12-5-7-13(18)8-6-12/h5-8H,4,9-11H2,1-3H3,(H,21,22)(H2,19,20,24)/t17-/m1/s1. The maximum atomic E-state index is 12.8. The molecular weight excluding hydrogens is 329 g/mol. The van der Waals surface area contributed by atoms with E-state index in [1.165, 1.54) is 19.2 Å². The van der Waals surface area contributed by atoms with Crippen molar-refractivity contribution in [3.8, 4) is 0 Å². The van der Waals surface area contributed by atoms with Crippen LogP contribution in [0.2, 0.25) is 0 Å². The zero-order valence-electron chi connectivity index (χ0n) is 14.6. The second-order valence-electron chi connectivity index (χ2n) is 5.78. The molecule has 0 aliphatic carbocycles. The van der Waals surface area contributed by atoms with Crippen molar-refractivity contribution in [3.05, 3.63) is 35.6 Å². The minimum atomic E-state index is -1.13. The van der Waals surface area contributed by atoms with Gasteiger partial charge in [-0.1, -0.05) is 25.5 Å². The number of carbonyl (C=O) groups excluding carboxylic acids is 3. The summed E-state index contributed by atoms with van der Waals surface area (Å²) >= 11 is 0. The van der Waals surface area contributed by atoms with Gasteiger partial charge in [0.2, 0.25) is 5.91 Å². The first-order valence-corrected chi connectivity index (χ1v) is 7.96. The molecule has 0 saturated carbocycles. The van der Waals surface area contributed by atoms with Crippen molar-refractivity contribution in [1.29, 1.82) is 0 Å². The molecule has 7 nitrogen and oxygen atoms in total. The van der Waals surface area contributed by atoms with Gasteiger partial charge in [-0.2, -0.15) is 0 Å². The molecule has 1 atom stereocenters. The van der Waals surface area contributed by atoms with Gasteiger partial charge in [0.1, 0.15) is 11.4 Å². The van der Waals surface area contributed by atoms with Crippen LogP contribution in [0, 0.1) is 5.82 Å². The summed E-state index contributed by atoms with van der Waals surface area (Å²) < 4.78 is 17.5. The lowest BCUT2D eigenvalue weighted by Gasteiger charge is -2.27. The molecule has 3 amide bonds. The Morgan fingerprint density at radius 1 is 1.16 bits per heavy atom. The Morgan fingerprint density at radius 3 is 2.36 bits per heavy atom. The summed E-state index contributed by atoms with van der Waals surface area (Å²) in [6, 6.07) is 5.15. The molecule has 3 N–H and O–H groups in total. The molecule has 0 spiro atoms. The summed E-state index contributed by atoms with van der Waals surface area (Å²) in [4.78, 5) is 35.5. The number of hydrogen-bond donors (Lipinski definition) is 3. The number of methoxy groups -OCH3 is 1. The lowest BCUT2D eigenvalue weighted by Crippen LogP contribution is -2.55. The zero-order chi connectivity index (χ0) is 18.9. The largest absolute Gasteiger partial charge is 0.467 e. The lowest BCUT2D eigenvalue weighted by atomic mass is 9.96. The second-order valence-corrected chi connectivity index (χ2v) is 5.78. The summed E-state index contributed by atoms with van der Waals surface area (Å²) in [5.74, 6) is -1.40. The Kier molecular flexibility index (Phi) is 7.84. The number of benzene rings is 1. The highest BCUT2D eigenvalue weighted by atomic mass is 19.1. The molecule has 0 heterocycles.